The summed E-state index contributed by atoms with van der Waals surface area (Å²) < 4.78 is 4.06. The number of benzene rings is 1. The minimum atomic E-state index is 0.132. The fraction of sp³-hybridized carbons (Fsp3) is 0.400. The van der Waals surface area contributed by atoms with E-state index in [1.54, 1.807) is 0 Å². The van der Waals surface area contributed by atoms with Crippen LogP contribution in [0.15, 0.2) is 33.3 Å². The Kier molecular flexibility index (Phi) is 5.41. The number of rotatable bonds is 5. The van der Waals surface area contributed by atoms with Crippen LogP contribution in [-0.2, 0) is 7.05 Å². The van der Waals surface area contributed by atoms with Crippen molar-refractivity contribution >= 4 is 31.9 Å². The van der Waals surface area contributed by atoms with Gasteiger partial charge in [0.05, 0.1) is 22.4 Å². The smallest absolute Gasteiger partial charge is 0.0760 e. The second-order valence-electron chi connectivity index (χ2n) is 4.95. The van der Waals surface area contributed by atoms with Crippen LogP contribution >= 0.6 is 31.9 Å². The van der Waals surface area contributed by atoms with Gasteiger partial charge in [0.15, 0.2) is 0 Å². The molecule has 1 unspecified atom stereocenters. The van der Waals surface area contributed by atoms with E-state index in [1.165, 1.54) is 11.1 Å². The van der Waals surface area contributed by atoms with E-state index in [0.717, 1.165) is 27.6 Å². The van der Waals surface area contributed by atoms with Crippen molar-refractivity contribution in [3.05, 3.63) is 50.2 Å². The Morgan fingerprint density at radius 1 is 1.30 bits per heavy atom. The normalized spacial score (nSPS) is 12.7. The largest absolute Gasteiger partial charge is 0.305 e. The van der Waals surface area contributed by atoms with Gasteiger partial charge in [-0.25, -0.2) is 0 Å². The van der Waals surface area contributed by atoms with Gasteiger partial charge in [-0.3, -0.25) is 4.68 Å². The number of hydrogen-bond acceptors (Lipinski definition) is 2. The van der Waals surface area contributed by atoms with E-state index in [1.807, 2.05) is 17.9 Å². The van der Waals surface area contributed by atoms with Gasteiger partial charge in [-0.2, -0.15) is 5.10 Å². The van der Waals surface area contributed by atoms with Crippen LogP contribution < -0.4 is 5.32 Å². The van der Waals surface area contributed by atoms with Crippen LogP contribution in [0.5, 0.6) is 0 Å². The number of nitrogens with zero attached hydrogens (tertiary/aromatic N) is 2. The fourth-order valence-electron chi connectivity index (χ4n) is 2.34. The Labute approximate surface area is 137 Å². The Hall–Kier alpha value is -0.650. The summed E-state index contributed by atoms with van der Waals surface area (Å²) in [6, 6.07) is 6.64. The second-order valence-corrected chi connectivity index (χ2v) is 6.72. The lowest BCUT2D eigenvalue weighted by Crippen LogP contribution is -2.25. The van der Waals surface area contributed by atoms with Crippen molar-refractivity contribution in [3.63, 3.8) is 0 Å². The maximum absolute atomic E-state index is 4.33. The first kappa shape index (κ1) is 15.7. The molecule has 1 aromatic carbocycles. The molecule has 0 spiro atoms. The number of hydrogen-bond donors (Lipinski definition) is 1. The van der Waals surface area contributed by atoms with Crippen molar-refractivity contribution in [3.8, 4) is 0 Å². The molecule has 0 radical (unpaired) electrons. The number of aryl methyl sites for hydroxylation is 2. The fourth-order valence-corrected chi connectivity index (χ4v) is 3.54. The van der Waals surface area contributed by atoms with Crippen molar-refractivity contribution in [2.45, 2.75) is 26.3 Å². The highest BCUT2D eigenvalue weighted by molar-refractivity contribution is 9.10. The predicted molar refractivity (Wildman–Crippen MR) is 89.9 cm³/mol. The first-order chi connectivity index (χ1) is 9.52. The Morgan fingerprint density at radius 3 is 2.60 bits per heavy atom. The monoisotopic (exact) mass is 399 g/mol. The molecular formula is C15H19Br2N3. The summed E-state index contributed by atoms with van der Waals surface area (Å²) in [4.78, 5) is 0. The molecule has 0 aliphatic rings. The van der Waals surface area contributed by atoms with Gasteiger partial charge in [0.25, 0.3) is 0 Å². The maximum Gasteiger partial charge on any atom is 0.0760 e. The van der Waals surface area contributed by atoms with E-state index in [0.29, 0.717) is 0 Å². The average Bonchev–Trinajstić information content (AvgIpc) is 2.70. The quantitative estimate of drug-likeness (QED) is 0.808. The Morgan fingerprint density at radius 2 is 2.05 bits per heavy atom. The Bertz CT molecular complexity index is 553. The molecule has 5 heteroatoms. The van der Waals surface area contributed by atoms with Crippen LogP contribution in [0.3, 0.4) is 0 Å². The minimum Gasteiger partial charge on any atom is -0.305 e. The standard InChI is InChI=1S/C15H19Br2N3/c1-4-5-18-14(15-13(17)9-19-20(15)3)11-6-10(2)7-12(16)8-11/h6-9,14,18H,4-5H2,1-3H3. The van der Waals surface area contributed by atoms with Gasteiger partial charge in [0.1, 0.15) is 0 Å². The van der Waals surface area contributed by atoms with Gasteiger partial charge in [-0.05, 0) is 59.1 Å². The predicted octanol–water partition coefficient (Wildman–Crippen LogP) is 4.34. The van der Waals surface area contributed by atoms with Gasteiger partial charge < -0.3 is 5.32 Å². The SMILES string of the molecule is CCCNC(c1cc(C)cc(Br)c1)c1c(Br)cnn1C. The van der Waals surface area contributed by atoms with Gasteiger partial charge in [-0.1, -0.05) is 28.9 Å². The molecular weight excluding hydrogens is 382 g/mol. The molecule has 1 aromatic heterocycles. The van der Waals surface area contributed by atoms with E-state index in [9.17, 15) is 0 Å². The van der Waals surface area contributed by atoms with E-state index < -0.39 is 0 Å². The summed E-state index contributed by atoms with van der Waals surface area (Å²) in [5, 5.41) is 7.95. The molecule has 1 heterocycles. The molecule has 0 saturated heterocycles. The molecule has 2 aromatic rings. The molecule has 3 nitrogen and oxygen atoms in total. The van der Waals surface area contributed by atoms with Gasteiger partial charge in [0.2, 0.25) is 0 Å². The van der Waals surface area contributed by atoms with Gasteiger partial charge in [0, 0.05) is 11.5 Å². The molecule has 0 fully saturated rings. The molecule has 2 rings (SSSR count). The highest BCUT2D eigenvalue weighted by atomic mass is 79.9. The third kappa shape index (κ3) is 3.51. The van der Waals surface area contributed by atoms with Crippen molar-refractivity contribution in [1.29, 1.82) is 0 Å². The zero-order chi connectivity index (χ0) is 14.7. The third-order valence-electron chi connectivity index (χ3n) is 3.21. The second kappa shape index (κ2) is 6.87. The summed E-state index contributed by atoms with van der Waals surface area (Å²) >= 11 is 7.20. The molecule has 1 atom stereocenters. The lowest BCUT2D eigenvalue weighted by molar-refractivity contribution is 0.551. The maximum atomic E-state index is 4.33. The molecule has 0 bridgehead atoms. The zero-order valence-corrected chi connectivity index (χ0v) is 15.1. The van der Waals surface area contributed by atoms with Crippen LogP contribution in [0.2, 0.25) is 0 Å². The van der Waals surface area contributed by atoms with Crippen molar-refractivity contribution in [1.82, 2.24) is 15.1 Å². The summed E-state index contributed by atoms with van der Waals surface area (Å²) in [6.45, 7) is 5.26. The summed E-state index contributed by atoms with van der Waals surface area (Å²) in [5.41, 5.74) is 3.64. The summed E-state index contributed by atoms with van der Waals surface area (Å²) in [7, 11) is 1.98. The highest BCUT2D eigenvalue weighted by Crippen LogP contribution is 2.30. The molecule has 108 valence electrons. The molecule has 0 amide bonds. The van der Waals surface area contributed by atoms with Crippen molar-refractivity contribution < 1.29 is 0 Å². The van der Waals surface area contributed by atoms with Crippen LogP contribution in [-0.4, -0.2) is 16.3 Å². The average molecular weight is 401 g/mol. The Balaban J connectivity index is 2.47. The van der Waals surface area contributed by atoms with Crippen LogP contribution in [0.1, 0.15) is 36.2 Å². The van der Waals surface area contributed by atoms with Crippen LogP contribution in [0, 0.1) is 6.92 Å². The summed E-state index contributed by atoms with van der Waals surface area (Å²) in [5.74, 6) is 0. The highest BCUT2D eigenvalue weighted by Gasteiger charge is 2.20. The number of aromatic nitrogens is 2. The van der Waals surface area contributed by atoms with Crippen LogP contribution in [0.4, 0.5) is 0 Å². The number of nitrogens with one attached hydrogen (secondary N) is 1. The molecule has 0 aliphatic heterocycles. The van der Waals surface area contributed by atoms with E-state index >= 15 is 0 Å². The topological polar surface area (TPSA) is 29.9 Å². The number of halogens is 2. The first-order valence-corrected chi connectivity index (χ1v) is 8.29. The van der Waals surface area contributed by atoms with E-state index in [-0.39, 0.29) is 6.04 Å². The van der Waals surface area contributed by atoms with Crippen LogP contribution in [0.25, 0.3) is 0 Å². The van der Waals surface area contributed by atoms with Gasteiger partial charge in [-0.15, -0.1) is 0 Å². The molecule has 0 saturated carbocycles. The third-order valence-corrected chi connectivity index (χ3v) is 4.28. The zero-order valence-electron chi connectivity index (χ0n) is 12.0. The van der Waals surface area contributed by atoms with E-state index in [2.05, 4.69) is 74.3 Å². The molecule has 0 aliphatic carbocycles. The lowest BCUT2D eigenvalue weighted by Gasteiger charge is -2.21. The molecule has 20 heavy (non-hydrogen) atoms. The minimum absolute atomic E-state index is 0.132. The van der Waals surface area contributed by atoms with Crippen molar-refractivity contribution in [2.24, 2.45) is 7.05 Å². The molecule has 1 N–H and O–H groups in total. The van der Waals surface area contributed by atoms with Gasteiger partial charge >= 0.3 is 0 Å². The first-order valence-electron chi connectivity index (χ1n) is 6.70. The van der Waals surface area contributed by atoms with Crippen molar-refractivity contribution in [2.75, 3.05) is 6.54 Å². The lowest BCUT2D eigenvalue weighted by atomic mass is 10.0. The van der Waals surface area contributed by atoms with E-state index in [4.69, 9.17) is 0 Å². The summed E-state index contributed by atoms with van der Waals surface area (Å²) in [6.07, 6.45) is 2.94.